The molecule has 0 aliphatic heterocycles. The lowest BCUT2D eigenvalue weighted by Gasteiger charge is -2.04. The van der Waals surface area contributed by atoms with Crippen molar-refractivity contribution in [1.29, 1.82) is 0 Å². The minimum absolute atomic E-state index is 0.729. The fraction of sp³-hybridized carbons (Fsp3) is 0.133. The molecule has 0 aliphatic carbocycles. The van der Waals surface area contributed by atoms with Crippen molar-refractivity contribution < 1.29 is 0 Å². The molecule has 3 heteroatoms. The Balaban J connectivity index is 2.31. The van der Waals surface area contributed by atoms with Crippen molar-refractivity contribution in [3.05, 3.63) is 53.1 Å². The number of aryl methyl sites for hydroxylation is 2. The van der Waals surface area contributed by atoms with Gasteiger partial charge in [0.1, 0.15) is 5.82 Å². The zero-order valence-corrected chi connectivity index (χ0v) is 11.1. The van der Waals surface area contributed by atoms with Crippen LogP contribution in [0, 0.1) is 6.92 Å². The van der Waals surface area contributed by atoms with Gasteiger partial charge in [-0.3, -0.25) is 0 Å². The normalized spacial score (nSPS) is 11.1. The molecule has 2 aromatic carbocycles. The third kappa shape index (κ3) is 1.70. The smallest absolute Gasteiger partial charge is 0.142 e. The first-order chi connectivity index (χ1) is 8.66. The van der Waals surface area contributed by atoms with E-state index < -0.39 is 0 Å². The van der Waals surface area contributed by atoms with E-state index in [1.807, 2.05) is 31.3 Å². The van der Waals surface area contributed by atoms with E-state index in [-0.39, 0.29) is 0 Å². The van der Waals surface area contributed by atoms with Crippen LogP contribution in [0.15, 0.2) is 42.5 Å². The molecule has 3 rings (SSSR count). The average molecular weight is 257 g/mol. The molecule has 18 heavy (non-hydrogen) atoms. The Labute approximate surface area is 111 Å². The van der Waals surface area contributed by atoms with Gasteiger partial charge in [0.05, 0.1) is 16.1 Å². The van der Waals surface area contributed by atoms with Gasteiger partial charge in [-0.05, 0) is 36.8 Å². The lowest BCUT2D eigenvalue weighted by molar-refractivity contribution is 0.959. The minimum atomic E-state index is 0.729. The van der Waals surface area contributed by atoms with Crippen LogP contribution in [0.5, 0.6) is 0 Å². The largest absolute Gasteiger partial charge is 0.327 e. The standard InChI is InChI=1S/C15H13ClN2/c1-10-7-8-14-13(9-10)17-15(18(14)2)11-5-3-4-6-12(11)16/h3-9H,1-2H3. The van der Waals surface area contributed by atoms with Gasteiger partial charge in [0.2, 0.25) is 0 Å². The molecular weight excluding hydrogens is 244 g/mol. The third-order valence-electron chi connectivity index (χ3n) is 3.15. The summed E-state index contributed by atoms with van der Waals surface area (Å²) in [5.41, 5.74) is 4.31. The van der Waals surface area contributed by atoms with Crippen LogP contribution in [0.25, 0.3) is 22.4 Å². The topological polar surface area (TPSA) is 17.8 Å². The fourth-order valence-corrected chi connectivity index (χ4v) is 2.41. The molecule has 1 heterocycles. The minimum Gasteiger partial charge on any atom is -0.327 e. The van der Waals surface area contributed by atoms with Gasteiger partial charge in [-0.2, -0.15) is 0 Å². The Morgan fingerprint density at radius 1 is 1.11 bits per heavy atom. The maximum Gasteiger partial charge on any atom is 0.142 e. The summed E-state index contributed by atoms with van der Waals surface area (Å²) in [6.45, 7) is 2.07. The van der Waals surface area contributed by atoms with Gasteiger partial charge >= 0.3 is 0 Å². The molecule has 0 bridgehead atoms. The SMILES string of the molecule is Cc1ccc2c(c1)nc(-c1ccccc1Cl)n2C. The van der Waals surface area contributed by atoms with Crippen molar-refractivity contribution in [2.45, 2.75) is 6.92 Å². The van der Waals surface area contributed by atoms with Crippen LogP contribution < -0.4 is 0 Å². The molecule has 2 nitrogen and oxygen atoms in total. The van der Waals surface area contributed by atoms with E-state index in [2.05, 4.69) is 34.7 Å². The van der Waals surface area contributed by atoms with Gasteiger partial charge < -0.3 is 4.57 Å². The molecule has 1 aromatic heterocycles. The first-order valence-electron chi connectivity index (χ1n) is 5.85. The first-order valence-corrected chi connectivity index (χ1v) is 6.22. The molecule has 0 unspecified atom stereocenters. The molecule has 90 valence electrons. The van der Waals surface area contributed by atoms with Crippen molar-refractivity contribution in [2.24, 2.45) is 7.05 Å². The van der Waals surface area contributed by atoms with Gasteiger partial charge in [0, 0.05) is 12.6 Å². The van der Waals surface area contributed by atoms with Crippen molar-refractivity contribution in [3.63, 3.8) is 0 Å². The van der Waals surface area contributed by atoms with Crippen molar-refractivity contribution in [3.8, 4) is 11.4 Å². The number of fused-ring (bicyclic) bond motifs is 1. The Morgan fingerprint density at radius 2 is 1.89 bits per heavy atom. The Bertz CT molecular complexity index is 728. The predicted octanol–water partition coefficient (Wildman–Crippen LogP) is 4.20. The van der Waals surface area contributed by atoms with Crippen molar-refractivity contribution in [2.75, 3.05) is 0 Å². The number of imidazole rings is 1. The van der Waals surface area contributed by atoms with Gasteiger partial charge in [0.15, 0.2) is 0 Å². The van der Waals surface area contributed by atoms with E-state index in [0.29, 0.717) is 0 Å². The summed E-state index contributed by atoms with van der Waals surface area (Å²) in [6.07, 6.45) is 0. The quantitative estimate of drug-likeness (QED) is 0.638. The highest BCUT2D eigenvalue weighted by molar-refractivity contribution is 6.33. The molecule has 0 atom stereocenters. The van der Waals surface area contributed by atoms with E-state index in [1.165, 1.54) is 5.56 Å². The number of hydrogen-bond acceptors (Lipinski definition) is 1. The maximum atomic E-state index is 6.24. The number of aromatic nitrogens is 2. The van der Waals surface area contributed by atoms with E-state index in [0.717, 1.165) is 27.4 Å². The van der Waals surface area contributed by atoms with Crippen LogP contribution in [0.1, 0.15) is 5.56 Å². The number of hydrogen-bond donors (Lipinski definition) is 0. The van der Waals surface area contributed by atoms with Gasteiger partial charge in [-0.1, -0.05) is 29.8 Å². The highest BCUT2D eigenvalue weighted by Crippen LogP contribution is 2.29. The van der Waals surface area contributed by atoms with E-state index in [9.17, 15) is 0 Å². The number of rotatable bonds is 1. The number of halogens is 1. The summed E-state index contributed by atoms with van der Waals surface area (Å²) in [6, 6.07) is 14.1. The molecule has 0 fully saturated rings. The van der Waals surface area contributed by atoms with Crippen LogP contribution in [0.2, 0.25) is 5.02 Å². The third-order valence-corrected chi connectivity index (χ3v) is 3.48. The molecule has 0 spiro atoms. The van der Waals surface area contributed by atoms with Crippen molar-refractivity contribution >= 4 is 22.6 Å². The zero-order valence-electron chi connectivity index (χ0n) is 10.3. The summed E-state index contributed by atoms with van der Waals surface area (Å²) >= 11 is 6.24. The fourth-order valence-electron chi connectivity index (χ4n) is 2.19. The molecule has 3 aromatic rings. The second kappa shape index (κ2) is 4.14. The van der Waals surface area contributed by atoms with Gasteiger partial charge in [0.25, 0.3) is 0 Å². The maximum absolute atomic E-state index is 6.24. The van der Waals surface area contributed by atoms with Crippen LogP contribution in [0.4, 0.5) is 0 Å². The molecule has 0 saturated carbocycles. The van der Waals surface area contributed by atoms with Crippen LogP contribution in [-0.4, -0.2) is 9.55 Å². The van der Waals surface area contributed by atoms with E-state index >= 15 is 0 Å². The van der Waals surface area contributed by atoms with Gasteiger partial charge in [-0.15, -0.1) is 0 Å². The summed E-state index contributed by atoms with van der Waals surface area (Å²) in [4.78, 5) is 4.68. The Hall–Kier alpha value is -1.80. The van der Waals surface area contributed by atoms with Crippen LogP contribution in [-0.2, 0) is 7.05 Å². The lowest BCUT2D eigenvalue weighted by Crippen LogP contribution is -1.92. The Morgan fingerprint density at radius 3 is 2.67 bits per heavy atom. The first kappa shape index (κ1) is 11.3. The van der Waals surface area contributed by atoms with E-state index in [1.54, 1.807) is 0 Å². The monoisotopic (exact) mass is 256 g/mol. The second-order valence-corrected chi connectivity index (χ2v) is 4.87. The summed E-state index contributed by atoms with van der Waals surface area (Å²) < 4.78 is 2.08. The van der Waals surface area contributed by atoms with Crippen molar-refractivity contribution in [1.82, 2.24) is 9.55 Å². The lowest BCUT2D eigenvalue weighted by atomic mass is 10.2. The second-order valence-electron chi connectivity index (χ2n) is 4.47. The highest BCUT2D eigenvalue weighted by Gasteiger charge is 2.11. The number of nitrogens with zero attached hydrogens (tertiary/aromatic N) is 2. The van der Waals surface area contributed by atoms with Gasteiger partial charge in [-0.25, -0.2) is 4.98 Å². The Kier molecular flexibility index (Phi) is 2.60. The van der Waals surface area contributed by atoms with E-state index in [4.69, 9.17) is 11.6 Å². The van der Waals surface area contributed by atoms with Crippen LogP contribution >= 0.6 is 11.6 Å². The zero-order chi connectivity index (χ0) is 12.7. The molecular formula is C15H13ClN2. The molecule has 0 N–H and O–H groups in total. The molecule has 0 radical (unpaired) electrons. The molecule has 0 saturated heterocycles. The average Bonchev–Trinajstić information content (AvgIpc) is 2.67. The molecule has 0 amide bonds. The summed E-state index contributed by atoms with van der Waals surface area (Å²) in [5.74, 6) is 0.904. The number of benzene rings is 2. The highest BCUT2D eigenvalue weighted by atomic mass is 35.5. The predicted molar refractivity (Wildman–Crippen MR) is 75.9 cm³/mol. The summed E-state index contributed by atoms with van der Waals surface area (Å²) in [7, 11) is 2.02. The molecule has 0 aliphatic rings. The van der Waals surface area contributed by atoms with Crippen LogP contribution in [0.3, 0.4) is 0 Å². The summed E-state index contributed by atoms with van der Waals surface area (Å²) in [5, 5.41) is 0.729.